The van der Waals surface area contributed by atoms with Gasteiger partial charge in [0.05, 0.1) is 7.11 Å². The third-order valence-corrected chi connectivity index (χ3v) is 6.20. The molecule has 8 nitrogen and oxygen atoms in total. The number of piperazine rings is 1. The van der Waals surface area contributed by atoms with Gasteiger partial charge in [0.1, 0.15) is 11.4 Å². The van der Waals surface area contributed by atoms with E-state index in [0.717, 1.165) is 43.1 Å². The average molecular weight is 468 g/mol. The van der Waals surface area contributed by atoms with Crippen molar-refractivity contribution in [1.29, 1.82) is 0 Å². The van der Waals surface area contributed by atoms with E-state index in [1.54, 1.807) is 31.4 Å². The van der Waals surface area contributed by atoms with Crippen LogP contribution in [0.5, 0.6) is 17.2 Å². The van der Waals surface area contributed by atoms with Crippen molar-refractivity contribution in [3.05, 3.63) is 53.6 Å². The Morgan fingerprint density at radius 3 is 2.50 bits per heavy atom. The van der Waals surface area contributed by atoms with Crippen molar-refractivity contribution in [2.45, 2.75) is 25.9 Å². The predicted octanol–water partition coefficient (Wildman–Crippen LogP) is 2.36. The summed E-state index contributed by atoms with van der Waals surface area (Å²) in [7, 11) is 1.60. The third kappa shape index (κ3) is 5.80. The average Bonchev–Trinajstić information content (AvgIpc) is 3.17. The summed E-state index contributed by atoms with van der Waals surface area (Å²) in [5, 5.41) is 2.95. The molecule has 0 unspecified atom stereocenters. The Morgan fingerprint density at radius 2 is 1.79 bits per heavy atom. The van der Waals surface area contributed by atoms with E-state index in [9.17, 15) is 9.59 Å². The number of ether oxygens (including phenoxy) is 3. The fourth-order valence-electron chi connectivity index (χ4n) is 4.32. The maximum Gasteiger partial charge on any atom is 0.260 e. The van der Waals surface area contributed by atoms with Gasteiger partial charge >= 0.3 is 0 Å². The van der Waals surface area contributed by atoms with Gasteiger partial charge in [-0.3, -0.25) is 14.5 Å². The van der Waals surface area contributed by atoms with Gasteiger partial charge in [-0.1, -0.05) is 12.1 Å². The van der Waals surface area contributed by atoms with Crippen LogP contribution < -0.4 is 19.5 Å². The number of methoxy groups -OCH3 is 1. The Hall–Kier alpha value is -3.26. The number of hydrogen-bond donors (Lipinski definition) is 1. The molecule has 8 heteroatoms. The summed E-state index contributed by atoms with van der Waals surface area (Å²) >= 11 is 0. The molecular formula is C26H33N3O5. The Bertz CT molecular complexity index is 1010. The van der Waals surface area contributed by atoms with Gasteiger partial charge in [0, 0.05) is 56.8 Å². The van der Waals surface area contributed by atoms with E-state index in [0.29, 0.717) is 30.9 Å². The topological polar surface area (TPSA) is 80.3 Å². The molecule has 2 aromatic rings. The minimum Gasteiger partial charge on any atom is -0.497 e. The van der Waals surface area contributed by atoms with Crippen molar-refractivity contribution >= 4 is 11.8 Å². The number of para-hydroxylation sites is 1. The first kappa shape index (κ1) is 23.9. The highest BCUT2D eigenvalue weighted by Gasteiger charge is 2.32. The Balaban J connectivity index is 1.17. The monoisotopic (exact) mass is 467 g/mol. The zero-order chi connectivity index (χ0) is 24.1. The lowest BCUT2D eigenvalue weighted by molar-refractivity contribution is -0.135. The third-order valence-electron chi connectivity index (χ3n) is 6.20. The molecule has 0 atom stereocenters. The molecule has 2 amide bonds. The van der Waals surface area contributed by atoms with Crippen molar-refractivity contribution in [2.75, 3.05) is 53.0 Å². The smallest absolute Gasteiger partial charge is 0.260 e. The largest absolute Gasteiger partial charge is 0.497 e. The zero-order valence-electron chi connectivity index (χ0n) is 20.1. The lowest BCUT2D eigenvalue weighted by Crippen LogP contribution is -2.51. The summed E-state index contributed by atoms with van der Waals surface area (Å²) in [4.78, 5) is 29.0. The van der Waals surface area contributed by atoms with Crippen LogP contribution in [0.1, 0.15) is 29.8 Å². The molecule has 0 radical (unpaired) electrons. The maximum atomic E-state index is 12.7. The van der Waals surface area contributed by atoms with Gasteiger partial charge in [-0.05, 0) is 44.2 Å². The number of rotatable bonds is 8. The van der Waals surface area contributed by atoms with Gasteiger partial charge in [0.15, 0.2) is 18.1 Å². The van der Waals surface area contributed by atoms with E-state index in [1.165, 1.54) is 0 Å². The molecule has 1 saturated heterocycles. The number of nitrogens with zero attached hydrogens (tertiary/aromatic N) is 2. The van der Waals surface area contributed by atoms with Gasteiger partial charge in [0.25, 0.3) is 11.8 Å². The number of hydrogen-bond acceptors (Lipinski definition) is 6. The highest BCUT2D eigenvalue weighted by Crippen LogP contribution is 2.41. The van der Waals surface area contributed by atoms with Gasteiger partial charge < -0.3 is 24.4 Å². The summed E-state index contributed by atoms with van der Waals surface area (Å²) in [6.45, 7) is 8.21. The molecule has 2 heterocycles. The van der Waals surface area contributed by atoms with Crippen LogP contribution in [-0.4, -0.2) is 80.2 Å². The highest BCUT2D eigenvalue weighted by atomic mass is 16.5. The molecule has 34 heavy (non-hydrogen) atoms. The molecule has 2 aromatic carbocycles. The maximum absolute atomic E-state index is 12.7. The summed E-state index contributed by atoms with van der Waals surface area (Å²) in [6.07, 6.45) is 0.829. The fourth-order valence-corrected chi connectivity index (χ4v) is 4.32. The van der Waals surface area contributed by atoms with Crippen molar-refractivity contribution in [3.63, 3.8) is 0 Å². The van der Waals surface area contributed by atoms with Crippen LogP contribution in [-0.2, 0) is 11.2 Å². The number of carbonyl (C=O) groups is 2. The van der Waals surface area contributed by atoms with Crippen molar-refractivity contribution < 1.29 is 23.8 Å². The molecule has 1 N–H and O–H groups in total. The number of carbonyl (C=O) groups excluding carboxylic acids is 2. The van der Waals surface area contributed by atoms with E-state index in [1.807, 2.05) is 36.9 Å². The Kier molecular flexibility index (Phi) is 7.26. The van der Waals surface area contributed by atoms with E-state index >= 15 is 0 Å². The zero-order valence-corrected chi connectivity index (χ0v) is 20.1. The van der Waals surface area contributed by atoms with Crippen LogP contribution >= 0.6 is 0 Å². The van der Waals surface area contributed by atoms with Crippen LogP contribution in [0.25, 0.3) is 0 Å². The lowest BCUT2D eigenvalue weighted by atomic mass is 10.0. The summed E-state index contributed by atoms with van der Waals surface area (Å²) in [6, 6.07) is 12.9. The van der Waals surface area contributed by atoms with Crippen LogP contribution in [0, 0.1) is 0 Å². The van der Waals surface area contributed by atoms with Crippen LogP contribution in [0.3, 0.4) is 0 Å². The summed E-state index contributed by atoms with van der Waals surface area (Å²) in [5.41, 5.74) is 1.47. The van der Waals surface area contributed by atoms with E-state index < -0.39 is 0 Å². The second-order valence-electron chi connectivity index (χ2n) is 9.28. The number of benzene rings is 2. The highest BCUT2D eigenvalue weighted by molar-refractivity contribution is 5.94. The number of amides is 2. The second-order valence-corrected chi connectivity index (χ2v) is 9.28. The van der Waals surface area contributed by atoms with Crippen molar-refractivity contribution in [1.82, 2.24) is 15.1 Å². The fraction of sp³-hybridized carbons (Fsp3) is 0.462. The number of fused-ring (bicyclic) bond motifs is 1. The molecule has 4 rings (SSSR count). The minimum absolute atomic E-state index is 0.00182. The van der Waals surface area contributed by atoms with Crippen LogP contribution in [0.15, 0.2) is 42.5 Å². The van der Waals surface area contributed by atoms with Crippen LogP contribution in [0.2, 0.25) is 0 Å². The standard InChI is InChI=1S/C26H33N3O5/c1-26(2)17-20-5-4-6-22(24(20)34-26)33-18-23(30)29-15-13-28(14-16-29)12-11-27-25(31)19-7-9-21(32-3)10-8-19/h4-10H,11-18H2,1-3H3,(H,27,31). The Morgan fingerprint density at radius 1 is 1.06 bits per heavy atom. The van der Waals surface area contributed by atoms with Crippen molar-refractivity contribution in [2.24, 2.45) is 0 Å². The Labute approximate surface area is 200 Å². The van der Waals surface area contributed by atoms with Gasteiger partial charge in [-0.2, -0.15) is 0 Å². The molecule has 0 saturated carbocycles. The first-order chi connectivity index (χ1) is 16.3. The molecule has 0 spiro atoms. The first-order valence-electron chi connectivity index (χ1n) is 11.7. The van der Waals surface area contributed by atoms with Gasteiger partial charge in [-0.15, -0.1) is 0 Å². The van der Waals surface area contributed by atoms with E-state index in [2.05, 4.69) is 10.2 Å². The molecular weight excluding hydrogens is 434 g/mol. The molecule has 2 aliphatic heterocycles. The quantitative estimate of drug-likeness (QED) is 0.642. The van der Waals surface area contributed by atoms with Gasteiger partial charge in [0.2, 0.25) is 0 Å². The SMILES string of the molecule is COc1ccc(C(=O)NCCN2CCN(C(=O)COc3cccc4c3OC(C)(C)C4)CC2)cc1. The van der Waals surface area contributed by atoms with Crippen LogP contribution in [0.4, 0.5) is 0 Å². The molecule has 0 aliphatic carbocycles. The molecule has 182 valence electrons. The lowest BCUT2D eigenvalue weighted by Gasteiger charge is -2.34. The number of nitrogens with one attached hydrogen (secondary N) is 1. The molecule has 2 aliphatic rings. The summed E-state index contributed by atoms with van der Waals surface area (Å²) in [5.74, 6) is 1.97. The predicted molar refractivity (Wildman–Crippen MR) is 129 cm³/mol. The molecule has 0 bridgehead atoms. The van der Waals surface area contributed by atoms with Gasteiger partial charge in [-0.25, -0.2) is 0 Å². The first-order valence-corrected chi connectivity index (χ1v) is 11.7. The van der Waals surface area contributed by atoms with E-state index in [4.69, 9.17) is 14.2 Å². The second kappa shape index (κ2) is 10.3. The molecule has 1 fully saturated rings. The summed E-state index contributed by atoms with van der Waals surface area (Å²) < 4.78 is 17.0. The minimum atomic E-state index is -0.254. The van der Waals surface area contributed by atoms with Crippen molar-refractivity contribution in [3.8, 4) is 17.2 Å². The molecule has 0 aromatic heterocycles. The normalized spacial score (nSPS) is 17.0. The van der Waals surface area contributed by atoms with E-state index in [-0.39, 0.29) is 24.0 Å².